The van der Waals surface area contributed by atoms with Crippen LogP contribution in [0.3, 0.4) is 0 Å². The van der Waals surface area contributed by atoms with E-state index in [9.17, 15) is 4.79 Å². The summed E-state index contributed by atoms with van der Waals surface area (Å²) < 4.78 is 5.07. The van der Waals surface area contributed by atoms with Gasteiger partial charge in [0.2, 0.25) is 0 Å². The summed E-state index contributed by atoms with van der Waals surface area (Å²) in [7, 11) is 0. The van der Waals surface area contributed by atoms with Crippen LogP contribution in [0.4, 0.5) is 0 Å². The van der Waals surface area contributed by atoms with Crippen LogP contribution in [0.5, 0.6) is 0 Å². The minimum atomic E-state index is -0.0875. The van der Waals surface area contributed by atoms with E-state index < -0.39 is 0 Å². The van der Waals surface area contributed by atoms with E-state index in [1.54, 1.807) is 18.7 Å². The van der Waals surface area contributed by atoms with Crippen molar-refractivity contribution >= 4 is 5.91 Å². The van der Waals surface area contributed by atoms with Gasteiger partial charge in [0, 0.05) is 19.6 Å². The number of aromatic nitrogens is 1. The molecule has 20 heavy (non-hydrogen) atoms. The fraction of sp³-hybridized carbons (Fsp3) is 0.333. The monoisotopic (exact) mass is 273 g/mol. The van der Waals surface area contributed by atoms with E-state index in [1.807, 2.05) is 30.3 Å². The highest BCUT2D eigenvalue weighted by molar-refractivity contribution is 5.96. The SMILES string of the molecule is Cc1noc(C)c1C(=O)N(CCN)Cc1ccccc1. The Morgan fingerprint density at radius 2 is 2.00 bits per heavy atom. The molecule has 106 valence electrons. The second kappa shape index (κ2) is 6.34. The molecule has 2 rings (SSSR count). The van der Waals surface area contributed by atoms with Gasteiger partial charge in [0.15, 0.2) is 0 Å². The van der Waals surface area contributed by atoms with Gasteiger partial charge in [-0.1, -0.05) is 35.5 Å². The summed E-state index contributed by atoms with van der Waals surface area (Å²) in [6.07, 6.45) is 0. The lowest BCUT2D eigenvalue weighted by Crippen LogP contribution is -2.35. The van der Waals surface area contributed by atoms with Crippen LogP contribution in [0.25, 0.3) is 0 Å². The minimum absolute atomic E-state index is 0.0875. The predicted molar refractivity (Wildman–Crippen MR) is 76.2 cm³/mol. The Kier molecular flexibility index (Phi) is 4.53. The first-order valence-electron chi connectivity index (χ1n) is 6.59. The van der Waals surface area contributed by atoms with Gasteiger partial charge in [0.05, 0.1) is 5.69 Å². The van der Waals surface area contributed by atoms with Crippen LogP contribution >= 0.6 is 0 Å². The summed E-state index contributed by atoms with van der Waals surface area (Å²) in [5.41, 5.74) is 7.84. The molecule has 1 amide bonds. The van der Waals surface area contributed by atoms with Crippen molar-refractivity contribution < 1.29 is 9.32 Å². The van der Waals surface area contributed by atoms with E-state index in [4.69, 9.17) is 10.3 Å². The van der Waals surface area contributed by atoms with E-state index in [-0.39, 0.29) is 5.91 Å². The topological polar surface area (TPSA) is 72.4 Å². The van der Waals surface area contributed by atoms with E-state index >= 15 is 0 Å². The summed E-state index contributed by atoms with van der Waals surface area (Å²) in [5, 5.41) is 3.83. The van der Waals surface area contributed by atoms with Crippen LogP contribution in [0.1, 0.15) is 27.4 Å². The van der Waals surface area contributed by atoms with Crippen molar-refractivity contribution in [1.29, 1.82) is 0 Å². The molecule has 0 aliphatic carbocycles. The molecule has 0 atom stereocenters. The lowest BCUT2D eigenvalue weighted by molar-refractivity contribution is 0.0746. The van der Waals surface area contributed by atoms with Gasteiger partial charge in [0.25, 0.3) is 5.91 Å². The number of aryl methyl sites for hydroxylation is 2. The van der Waals surface area contributed by atoms with Crippen molar-refractivity contribution in [2.75, 3.05) is 13.1 Å². The van der Waals surface area contributed by atoms with Gasteiger partial charge in [-0.15, -0.1) is 0 Å². The highest BCUT2D eigenvalue weighted by Gasteiger charge is 2.23. The number of carbonyl (C=O) groups excluding carboxylic acids is 1. The molecule has 0 unspecified atom stereocenters. The maximum atomic E-state index is 12.6. The molecule has 5 heteroatoms. The van der Waals surface area contributed by atoms with Crippen LogP contribution in [0.2, 0.25) is 0 Å². The quantitative estimate of drug-likeness (QED) is 0.903. The number of amides is 1. The Bertz CT molecular complexity index is 559. The van der Waals surface area contributed by atoms with Crippen LogP contribution < -0.4 is 5.73 Å². The predicted octanol–water partition coefficient (Wildman–Crippen LogP) is 1.89. The first kappa shape index (κ1) is 14.3. The first-order valence-corrected chi connectivity index (χ1v) is 6.59. The number of benzene rings is 1. The average molecular weight is 273 g/mol. The Balaban J connectivity index is 2.22. The Hall–Kier alpha value is -2.14. The van der Waals surface area contributed by atoms with Crippen molar-refractivity contribution in [2.45, 2.75) is 20.4 Å². The highest BCUT2D eigenvalue weighted by Crippen LogP contribution is 2.16. The molecule has 0 bridgehead atoms. The molecule has 1 aromatic carbocycles. The number of nitrogens with two attached hydrogens (primary N) is 1. The molecule has 0 aliphatic heterocycles. The van der Waals surface area contributed by atoms with E-state index in [0.717, 1.165) is 5.56 Å². The van der Waals surface area contributed by atoms with Crippen molar-refractivity contribution in [3.05, 3.63) is 52.9 Å². The highest BCUT2D eigenvalue weighted by atomic mass is 16.5. The van der Waals surface area contributed by atoms with Crippen molar-refractivity contribution in [3.63, 3.8) is 0 Å². The third-order valence-electron chi connectivity index (χ3n) is 3.15. The van der Waals surface area contributed by atoms with Gasteiger partial charge >= 0.3 is 0 Å². The smallest absolute Gasteiger partial charge is 0.259 e. The number of rotatable bonds is 5. The summed E-state index contributed by atoms with van der Waals surface area (Å²) in [4.78, 5) is 14.3. The zero-order valence-electron chi connectivity index (χ0n) is 11.8. The summed E-state index contributed by atoms with van der Waals surface area (Å²) >= 11 is 0. The van der Waals surface area contributed by atoms with Gasteiger partial charge in [0.1, 0.15) is 11.3 Å². The third-order valence-corrected chi connectivity index (χ3v) is 3.15. The van der Waals surface area contributed by atoms with Crippen LogP contribution in [-0.2, 0) is 6.54 Å². The largest absolute Gasteiger partial charge is 0.361 e. The van der Waals surface area contributed by atoms with Gasteiger partial charge in [-0.25, -0.2) is 0 Å². The number of hydrogen-bond donors (Lipinski definition) is 1. The molecule has 1 aromatic heterocycles. The first-order chi connectivity index (χ1) is 9.63. The van der Waals surface area contributed by atoms with Crippen molar-refractivity contribution in [2.24, 2.45) is 5.73 Å². The van der Waals surface area contributed by atoms with Crippen LogP contribution in [0, 0.1) is 13.8 Å². The second-order valence-corrected chi connectivity index (χ2v) is 4.70. The standard InChI is InChI=1S/C15H19N3O2/c1-11-14(12(2)20-17-11)15(19)18(9-8-16)10-13-6-4-3-5-7-13/h3-7H,8-10,16H2,1-2H3. The van der Waals surface area contributed by atoms with Crippen molar-refractivity contribution in [1.82, 2.24) is 10.1 Å². The lowest BCUT2D eigenvalue weighted by atomic mass is 10.1. The summed E-state index contributed by atoms with van der Waals surface area (Å²) in [6.45, 7) is 4.96. The molecule has 5 nitrogen and oxygen atoms in total. The molecule has 0 spiro atoms. The fourth-order valence-electron chi connectivity index (χ4n) is 2.16. The Labute approximate surface area is 118 Å². The summed E-state index contributed by atoms with van der Waals surface area (Å²) in [5.74, 6) is 0.457. The van der Waals surface area contributed by atoms with E-state index in [1.165, 1.54) is 0 Å². The summed E-state index contributed by atoms with van der Waals surface area (Å²) in [6, 6.07) is 9.84. The molecule has 0 saturated heterocycles. The molecule has 0 fully saturated rings. The molecule has 0 saturated carbocycles. The molecule has 2 aromatic rings. The second-order valence-electron chi connectivity index (χ2n) is 4.70. The number of carbonyl (C=O) groups is 1. The van der Waals surface area contributed by atoms with Crippen molar-refractivity contribution in [3.8, 4) is 0 Å². The van der Waals surface area contributed by atoms with Crippen LogP contribution in [-0.4, -0.2) is 29.1 Å². The van der Waals surface area contributed by atoms with E-state index in [2.05, 4.69) is 5.16 Å². The number of hydrogen-bond acceptors (Lipinski definition) is 4. The minimum Gasteiger partial charge on any atom is -0.361 e. The molecular formula is C15H19N3O2. The molecule has 2 N–H and O–H groups in total. The normalized spacial score (nSPS) is 10.6. The average Bonchev–Trinajstić information content (AvgIpc) is 2.78. The van der Waals surface area contributed by atoms with E-state index in [0.29, 0.717) is 36.7 Å². The van der Waals surface area contributed by atoms with Gasteiger partial charge < -0.3 is 15.2 Å². The number of nitrogens with zero attached hydrogens (tertiary/aromatic N) is 2. The fourth-order valence-corrected chi connectivity index (χ4v) is 2.16. The molecule has 0 radical (unpaired) electrons. The Morgan fingerprint density at radius 1 is 1.30 bits per heavy atom. The third kappa shape index (κ3) is 3.05. The Morgan fingerprint density at radius 3 is 2.55 bits per heavy atom. The lowest BCUT2D eigenvalue weighted by Gasteiger charge is -2.22. The van der Waals surface area contributed by atoms with Crippen LogP contribution in [0.15, 0.2) is 34.9 Å². The molecule has 0 aliphatic rings. The molecule has 1 heterocycles. The maximum absolute atomic E-state index is 12.6. The zero-order valence-corrected chi connectivity index (χ0v) is 11.8. The molecular weight excluding hydrogens is 254 g/mol. The van der Waals surface area contributed by atoms with Gasteiger partial charge in [-0.3, -0.25) is 4.79 Å². The maximum Gasteiger partial charge on any atom is 0.259 e. The van der Waals surface area contributed by atoms with Gasteiger partial charge in [-0.05, 0) is 19.4 Å². The van der Waals surface area contributed by atoms with Gasteiger partial charge in [-0.2, -0.15) is 0 Å². The zero-order chi connectivity index (χ0) is 14.5.